The van der Waals surface area contributed by atoms with Gasteiger partial charge in [-0.05, 0) is 37.1 Å². The Balaban J connectivity index is 1.59. The Hall–Kier alpha value is -2.95. The van der Waals surface area contributed by atoms with Crippen LogP contribution in [-0.2, 0) is 11.3 Å². The molecule has 0 unspecified atom stereocenters. The molecule has 3 rings (SSSR count). The fraction of sp³-hybridized carbons (Fsp3) is 0.286. The first-order valence-electron chi connectivity index (χ1n) is 8.96. The summed E-state index contributed by atoms with van der Waals surface area (Å²) in [5, 5.41) is 7.67. The van der Waals surface area contributed by atoms with E-state index in [-0.39, 0.29) is 11.8 Å². The number of nitrogens with zero attached hydrogens (tertiary/aromatic N) is 3. The minimum Gasteiger partial charge on any atom is -0.354 e. The monoisotopic (exact) mass is 348 g/mol. The lowest BCUT2D eigenvalue weighted by Gasteiger charge is -2.15. The van der Waals surface area contributed by atoms with Gasteiger partial charge in [0.2, 0.25) is 5.91 Å². The highest BCUT2D eigenvalue weighted by molar-refractivity contribution is 5.83. The second-order valence-electron chi connectivity index (χ2n) is 6.30. The molecule has 0 fully saturated rings. The van der Waals surface area contributed by atoms with Crippen molar-refractivity contribution in [2.24, 2.45) is 0 Å². The molecule has 0 bridgehead atoms. The van der Waals surface area contributed by atoms with Gasteiger partial charge in [0.15, 0.2) is 0 Å². The van der Waals surface area contributed by atoms with E-state index in [9.17, 15) is 4.79 Å². The third kappa shape index (κ3) is 4.17. The molecule has 5 heteroatoms. The summed E-state index contributed by atoms with van der Waals surface area (Å²) < 4.78 is 1.92. The molecule has 134 valence electrons. The van der Waals surface area contributed by atoms with Crippen molar-refractivity contribution < 1.29 is 4.79 Å². The van der Waals surface area contributed by atoms with Gasteiger partial charge in [0.1, 0.15) is 0 Å². The summed E-state index contributed by atoms with van der Waals surface area (Å²) in [6.45, 7) is 5.25. The van der Waals surface area contributed by atoms with Crippen molar-refractivity contribution >= 4 is 5.91 Å². The van der Waals surface area contributed by atoms with E-state index in [0.29, 0.717) is 13.1 Å². The minimum atomic E-state index is -0.110. The maximum absolute atomic E-state index is 12.5. The zero-order valence-corrected chi connectivity index (χ0v) is 15.2. The topological polar surface area (TPSA) is 59.8 Å². The molecular weight excluding hydrogens is 324 g/mol. The normalized spacial score (nSPS) is 11.9. The maximum atomic E-state index is 12.5. The number of aromatic nitrogens is 3. The second kappa shape index (κ2) is 8.43. The lowest BCUT2D eigenvalue weighted by Crippen LogP contribution is -2.32. The maximum Gasteiger partial charge on any atom is 0.227 e. The Morgan fingerprint density at radius 2 is 2.00 bits per heavy atom. The van der Waals surface area contributed by atoms with Crippen LogP contribution in [0, 0.1) is 6.92 Å². The van der Waals surface area contributed by atoms with Crippen LogP contribution in [0.15, 0.2) is 60.9 Å². The lowest BCUT2D eigenvalue weighted by atomic mass is 9.96. The average molecular weight is 348 g/mol. The van der Waals surface area contributed by atoms with E-state index < -0.39 is 0 Å². The summed E-state index contributed by atoms with van der Waals surface area (Å²) in [5.41, 5.74) is 4.01. The van der Waals surface area contributed by atoms with Crippen LogP contribution in [0.1, 0.15) is 30.5 Å². The zero-order valence-electron chi connectivity index (χ0n) is 15.2. The van der Waals surface area contributed by atoms with Crippen LogP contribution < -0.4 is 5.32 Å². The summed E-state index contributed by atoms with van der Waals surface area (Å²) in [6.07, 6.45) is 4.33. The van der Waals surface area contributed by atoms with E-state index in [0.717, 1.165) is 28.9 Å². The van der Waals surface area contributed by atoms with Crippen LogP contribution in [0.5, 0.6) is 0 Å². The van der Waals surface area contributed by atoms with Crippen LogP contribution >= 0.6 is 0 Å². The number of aryl methyl sites for hydroxylation is 1. The zero-order chi connectivity index (χ0) is 18.4. The molecule has 0 saturated heterocycles. The molecule has 1 amide bonds. The number of hydrogen-bond acceptors (Lipinski definition) is 3. The molecule has 2 aromatic heterocycles. The molecule has 0 aliphatic heterocycles. The molecule has 0 saturated carbocycles. The molecule has 2 heterocycles. The van der Waals surface area contributed by atoms with Gasteiger partial charge in [0.05, 0.1) is 18.2 Å². The van der Waals surface area contributed by atoms with Crippen molar-refractivity contribution in [2.75, 3.05) is 6.54 Å². The van der Waals surface area contributed by atoms with Crippen LogP contribution in [0.2, 0.25) is 0 Å². The Morgan fingerprint density at radius 1 is 1.19 bits per heavy atom. The second-order valence-corrected chi connectivity index (χ2v) is 6.30. The molecule has 0 spiro atoms. The first kappa shape index (κ1) is 17.9. The molecule has 0 aliphatic carbocycles. The number of hydrogen-bond donors (Lipinski definition) is 1. The molecule has 1 atom stereocenters. The largest absolute Gasteiger partial charge is 0.354 e. The van der Waals surface area contributed by atoms with Gasteiger partial charge in [-0.25, -0.2) is 0 Å². The molecule has 26 heavy (non-hydrogen) atoms. The summed E-state index contributed by atoms with van der Waals surface area (Å²) in [6, 6.07) is 15.9. The fourth-order valence-corrected chi connectivity index (χ4v) is 3.06. The molecule has 5 nitrogen and oxygen atoms in total. The summed E-state index contributed by atoms with van der Waals surface area (Å²) in [5.74, 6) is -0.0446. The molecular formula is C21H24N4O. The Bertz CT molecular complexity index is 843. The smallest absolute Gasteiger partial charge is 0.227 e. The van der Waals surface area contributed by atoms with Gasteiger partial charge in [-0.1, -0.05) is 37.3 Å². The van der Waals surface area contributed by atoms with Gasteiger partial charge in [0.25, 0.3) is 0 Å². The summed E-state index contributed by atoms with van der Waals surface area (Å²) in [4.78, 5) is 16.7. The van der Waals surface area contributed by atoms with E-state index >= 15 is 0 Å². The van der Waals surface area contributed by atoms with Gasteiger partial charge in [-0.2, -0.15) is 5.10 Å². The van der Waals surface area contributed by atoms with Crippen LogP contribution in [-0.4, -0.2) is 27.2 Å². The number of carbonyl (C=O) groups is 1. The van der Waals surface area contributed by atoms with E-state index in [2.05, 4.69) is 15.4 Å². The van der Waals surface area contributed by atoms with Crippen LogP contribution in [0.4, 0.5) is 0 Å². The number of pyridine rings is 1. The third-order valence-corrected chi connectivity index (χ3v) is 4.49. The van der Waals surface area contributed by atoms with Crippen molar-refractivity contribution in [3.8, 4) is 11.3 Å². The third-order valence-electron chi connectivity index (χ3n) is 4.49. The van der Waals surface area contributed by atoms with Gasteiger partial charge in [-0.3, -0.25) is 14.5 Å². The fourth-order valence-electron chi connectivity index (χ4n) is 3.06. The molecule has 3 aromatic rings. The molecule has 1 aromatic carbocycles. The quantitative estimate of drug-likeness (QED) is 0.710. The van der Waals surface area contributed by atoms with E-state index in [1.807, 2.05) is 67.1 Å². The number of carbonyl (C=O) groups excluding carboxylic acids is 1. The van der Waals surface area contributed by atoms with Crippen LogP contribution in [0.3, 0.4) is 0 Å². The predicted molar refractivity (Wildman–Crippen MR) is 103 cm³/mol. The highest BCUT2D eigenvalue weighted by Gasteiger charge is 2.18. The predicted octanol–water partition coefficient (Wildman–Crippen LogP) is 3.56. The van der Waals surface area contributed by atoms with Crippen LogP contribution in [0.25, 0.3) is 11.3 Å². The number of benzene rings is 1. The lowest BCUT2D eigenvalue weighted by molar-refractivity contribution is -0.122. The summed E-state index contributed by atoms with van der Waals surface area (Å²) >= 11 is 0. The van der Waals surface area contributed by atoms with E-state index in [1.54, 1.807) is 12.4 Å². The number of nitrogens with one attached hydrogen (secondary N) is 1. The first-order chi connectivity index (χ1) is 12.7. The first-order valence-corrected chi connectivity index (χ1v) is 8.96. The van der Waals surface area contributed by atoms with E-state index in [1.165, 1.54) is 0 Å². The van der Waals surface area contributed by atoms with Crippen molar-refractivity contribution in [1.82, 2.24) is 20.1 Å². The highest BCUT2D eigenvalue weighted by Crippen LogP contribution is 2.19. The SMILES string of the molecule is CC[C@@H](C(=O)NCCn1nc(-c2cccnc2)cc1C)c1ccccc1. The minimum absolute atomic E-state index is 0.0657. The highest BCUT2D eigenvalue weighted by atomic mass is 16.1. The van der Waals surface area contributed by atoms with Crippen molar-refractivity contribution in [3.63, 3.8) is 0 Å². The van der Waals surface area contributed by atoms with Gasteiger partial charge >= 0.3 is 0 Å². The standard InChI is InChI=1S/C21H24N4O/c1-3-19(17-8-5-4-6-9-17)21(26)23-12-13-25-16(2)14-20(24-25)18-10-7-11-22-15-18/h4-11,14-15,19H,3,12-13H2,1-2H3,(H,23,26)/t19-/m1/s1. The van der Waals surface area contributed by atoms with Crippen molar-refractivity contribution in [1.29, 1.82) is 0 Å². The van der Waals surface area contributed by atoms with Gasteiger partial charge in [-0.15, -0.1) is 0 Å². The number of amides is 1. The van der Waals surface area contributed by atoms with Crippen molar-refractivity contribution in [3.05, 3.63) is 72.2 Å². The van der Waals surface area contributed by atoms with Gasteiger partial charge in [0, 0.05) is 30.2 Å². The summed E-state index contributed by atoms with van der Waals surface area (Å²) in [7, 11) is 0. The molecule has 1 N–H and O–H groups in total. The van der Waals surface area contributed by atoms with Crippen molar-refractivity contribution in [2.45, 2.75) is 32.7 Å². The Kier molecular flexibility index (Phi) is 5.79. The average Bonchev–Trinajstić information content (AvgIpc) is 3.05. The Morgan fingerprint density at radius 3 is 2.69 bits per heavy atom. The molecule has 0 radical (unpaired) electrons. The number of rotatable bonds is 7. The van der Waals surface area contributed by atoms with Gasteiger partial charge < -0.3 is 5.32 Å². The Labute approximate surface area is 154 Å². The van der Waals surface area contributed by atoms with E-state index in [4.69, 9.17) is 0 Å². The molecule has 0 aliphatic rings.